The lowest BCUT2D eigenvalue weighted by Gasteiger charge is -2.08. The van der Waals surface area contributed by atoms with Crippen LogP contribution in [0.3, 0.4) is 0 Å². The fraction of sp³-hybridized carbons (Fsp3) is 0.125. The fourth-order valence-corrected chi connectivity index (χ4v) is 2.31. The van der Waals surface area contributed by atoms with E-state index in [1.54, 1.807) is 6.92 Å². The number of anilines is 1. The number of nitrogens with one attached hydrogen (secondary N) is 1. The van der Waals surface area contributed by atoms with Gasteiger partial charge >= 0.3 is 0 Å². The Morgan fingerprint density at radius 3 is 2.67 bits per heavy atom. The first-order valence-corrected chi connectivity index (χ1v) is 6.41. The average Bonchev–Trinajstić information content (AvgIpc) is 2.77. The van der Waals surface area contributed by atoms with E-state index in [0.717, 1.165) is 22.6 Å². The predicted molar refractivity (Wildman–Crippen MR) is 74.6 cm³/mol. The molecule has 0 atom stereocenters. The topological polar surface area (TPSA) is 25.2 Å². The highest BCUT2D eigenvalue weighted by Gasteiger charge is 2.14. The summed E-state index contributed by atoms with van der Waals surface area (Å²) in [7, 11) is 0. The third-order valence-corrected chi connectivity index (χ3v) is 3.35. The molecule has 0 radical (unpaired) electrons. The molecule has 1 heterocycles. The van der Waals surface area contributed by atoms with Crippen molar-refractivity contribution in [2.24, 2.45) is 0 Å². The Balaban J connectivity index is 1.92. The predicted octanol–water partition coefficient (Wildman–Crippen LogP) is 4.77. The molecule has 0 aliphatic rings. The summed E-state index contributed by atoms with van der Waals surface area (Å²) in [5, 5.41) is 3.60. The first kappa shape index (κ1) is 13.5. The summed E-state index contributed by atoms with van der Waals surface area (Å²) in [5.74, 6) is -2.46. The van der Waals surface area contributed by atoms with E-state index >= 15 is 0 Å². The third kappa shape index (κ3) is 2.46. The molecule has 0 aliphatic carbocycles. The van der Waals surface area contributed by atoms with E-state index in [2.05, 4.69) is 5.32 Å². The quantitative estimate of drug-likeness (QED) is 0.703. The number of aryl methyl sites for hydroxylation is 1. The number of furan rings is 1. The summed E-state index contributed by atoms with van der Waals surface area (Å²) in [6.07, 6.45) is 0. The van der Waals surface area contributed by atoms with Crippen LogP contribution in [-0.4, -0.2) is 0 Å². The monoisotopic (exact) mass is 291 g/mol. The summed E-state index contributed by atoms with van der Waals surface area (Å²) < 4.78 is 45.5. The Labute approximate surface area is 119 Å². The van der Waals surface area contributed by atoms with E-state index in [9.17, 15) is 13.2 Å². The number of rotatable bonds is 3. The highest BCUT2D eigenvalue weighted by molar-refractivity contribution is 5.82. The van der Waals surface area contributed by atoms with Crippen molar-refractivity contribution in [3.8, 4) is 0 Å². The number of fused-ring (bicyclic) bond motifs is 1. The molecule has 0 bridgehead atoms. The molecule has 2 nitrogen and oxygen atoms in total. The van der Waals surface area contributed by atoms with E-state index in [0.29, 0.717) is 11.8 Å². The van der Waals surface area contributed by atoms with Gasteiger partial charge in [-0.3, -0.25) is 0 Å². The molecule has 2 aromatic carbocycles. The minimum absolute atomic E-state index is 0.211. The number of hydrogen-bond acceptors (Lipinski definition) is 2. The molecule has 21 heavy (non-hydrogen) atoms. The molecule has 0 amide bonds. The largest absolute Gasteiger partial charge is 0.461 e. The van der Waals surface area contributed by atoms with Gasteiger partial charge in [0.25, 0.3) is 0 Å². The molecule has 0 spiro atoms. The molecular weight excluding hydrogens is 279 g/mol. The van der Waals surface area contributed by atoms with Gasteiger partial charge in [0, 0.05) is 29.6 Å². The molecule has 3 rings (SSSR count). The van der Waals surface area contributed by atoms with Gasteiger partial charge in [0.05, 0.1) is 5.69 Å². The van der Waals surface area contributed by atoms with E-state index in [1.807, 2.05) is 24.3 Å². The van der Waals surface area contributed by atoms with Crippen molar-refractivity contribution in [1.29, 1.82) is 0 Å². The van der Waals surface area contributed by atoms with Gasteiger partial charge in [0.1, 0.15) is 17.2 Å². The van der Waals surface area contributed by atoms with Crippen molar-refractivity contribution in [2.75, 3.05) is 5.32 Å². The number of hydrogen-bond donors (Lipinski definition) is 1. The Kier molecular flexibility index (Phi) is 3.33. The molecule has 0 aliphatic heterocycles. The van der Waals surface area contributed by atoms with Crippen LogP contribution in [0.2, 0.25) is 0 Å². The van der Waals surface area contributed by atoms with Crippen LogP contribution in [0.25, 0.3) is 11.0 Å². The molecule has 0 saturated heterocycles. The lowest BCUT2D eigenvalue weighted by atomic mass is 10.1. The van der Waals surface area contributed by atoms with E-state index in [4.69, 9.17) is 4.42 Å². The lowest BCUT2D eigenvalue weighted by molar-refractivity contribution is 0.497. The second kappa shape index (κ2) is 5.16. The van der Waals surface area contributed by atoms with Crippen LogP contribution < -0.4 is 5.32 Å². The number of halogens is 3. The van der Waals surface area contributed by atoms with Crippen LogP contribution in [-0.2, 0) is 6.54 Å². The molecule has 0 fully saturated rings. The maximum absolute atomic E-state index is 13.6. The standard InChI is InChI=1S/C16H12F3NO/c1-9-12(11-4-2-3-5-15(11)21-9)8-20-14-7-10(17)6-13(18)16(14)19/h2-7,20H,8H2,1H3. The SMILES string of the molecule is Cc1oc2ccccc2c1CNc1cc(F)cc(F)c1F. The molecule has 0 saturated carbocycles. The molecule has 1 aromatic heterocycles. The Hall–Kier alpha value is -2.43. The van der Waals surface area contributed by atoms with Gasteiger partial charge in [-0.25, -0.2) is 13.2 Å². The minimum atomic E-state index is -1.22. The van der Waals surface area contributed by atoms with Gasteiger partial charge in [-0.05, 0) is 13.0 Å². The van der Waals surface area contributed by atoms with Crippen molar-refractivity contribution < 1.29 is 17.6 Å². The molecule has 108 valence electrons. The molecule has 5 heteroatoms. The van der Waals surface area contributed by atoms with Crippen LogP contribution in [0, 0.1) is 24.4 Å². The summed E-state index contributed by atoms with van der Waals surface area (Å²) >= 11 is 0. The maximum Gasteiger partial charge on any atom is 0.182 e. The lowest BCUT2D eigenvalue weighted by Crippen LogP contribution is -2.04. The maximum atomic E-state index is 13.6. The average molecular weight is 291 g/mol. The summed E-state index contributed by atoms with van der Waals surface area (Å²) in [5.41, 5.74) is 1.34. The van der Waals surface area contributed by atoms with Crippen LogP contribution in [0.5, 0.6) is 0 Å². The van der Waals surface area contributed by atoms with Crippen molar-refractivity contribution >= 4 is 16.7 Å². The second-order valence-electron chi connectivity index (χ2n) is 4.74. The highest BCUT2D eigenvalue weighted by Crippen LogP contribution is 2.27. The van der Waals surface area contributed by atoms with Crippen molar-refractivity contribution in [3.05, 3.63) is 65.2 Å². The number of benzene rings is 2. The smallest absolute Gasteiger partial charge is 0.182 e. The van der Waals surface area contributed by atoms with E-state index < -0.39 is 17.5 Å². The second-order valence-corrected chi connectivity index (χ2v) is 4.74. The molecular formula is C16H12F3NO. The van der Waals surface area contributed by atoms with Crippen LogP contribution in [0.4, 0.5) is 18.9 Å². The molecule has 0 unspecified atom stereocenters. The zero-order valence-corrected chi connectivity index (χ0v) is 11.2. The van der Waals surface area contributed by atoms with Crippen molar-refractivity contribution in [1.82, 2.24) is 0 Å². The van der Waals surface area contributed by atoms with Gasteiger partial charge < -0.3 is 9.73 Å². The van der Waals surface area contributed by atoms with Crippen molar-refractivity contribution in [3.63, 3.8) is 0 Å². The van der Waals surface area contributed by atoms with Gasteiger partial charge in [0.2, 0.25) is 0 Å². The summed E-state index contributed by atoms with van der Waals surface area (Å²) in [4.78, 5) is 0. The zero-order valence-electron chi connectivity index (χ0n) is 11.2. The Morgan fingerprint density at radius 2 is 1.86 bits per heavy atom. The first-order valence-electron chi connectivity index (χ1n) is 6.41. The Morgan fingerprint density at radius 1 is 1.10 bits per heavy atom. The van der Waals surface area contributed by atoms with E-state index in [-0.39, 0.29) is 12.2 Å². The zero-order chi connectivity index (χ0) is 15.0. The summed E-state index contributed by atoms with van der Waals surface area (Å²) in [6, 6.07) is 8.86. The van der Waals surface area contributed by atoms with Gasteiger partial charge in [-0.15, -0.1) is 0 Å². The molecule has 3 aromatic rings. The third-order valence-electron chi connectivity index (χ3n) is 3.35. The molecule has 1 N–H and O–H groups in total. The summed E-state index contributed by atoms with van der Waals surface area (Å²) in [6.45, 7) is 2.00. The van der Waals surface area contributed by atoms with E-state index in [1.165, 1.54) is 0 Å². The fourth-order valence-electron chi connectivity index (χ4n) is 2.31. The highest BCUT2D eigenvalue weighted by atomic mass is 19.2. The number of para-hydroxylation sites is 1. The van der Waals surface area contributed by atoms with Crippen molar-refractivity contribution in [2.45, 2.75) is 13.5 Å². The van der Waals surface area contributed by atoms with Crippen LogP contribution >= 0.6 is 0 Å². The van der Waals surface area contributed by atoms with Gasteiger partial charge in [0.15, 0.2) is 11.6 Å². The van der Waals surface area contributed by atoms with Crippen LogP contribution in [0.15, 0.2) is 40.8 Å². The Bertz CT molecular complexity index is 811. The van der Waals surface area contributed by atoms with Gasteiger partial charge in [-0.2, -0.15) is 0 Å². The van der Waals surface area contributed by atoms with Gasteiger partial charge in [-0.1, -0.05) is 18.2 Å². The first-order chi connectivity index (χ1) is 10.1. The minimum Gasteiger partial charge on any atom is -0.461 e. The normalized spacial score (nSPS) is 11.0. The van der Waals surface area contributed by atoms with Crippen LogP contribution in [0.1, 0.15) is 11.3 Å².